The van der Waals surface area contributed by atoms with Crippen LogP contribution in [-0.4, -0.2) is 180 Å². The average Bonchev–Trinajstić information content (AvgIpc) is 3.47. The Labute approximate surface area is 453 Å². The number of unbranched alkanes of at least 4 members (excludes halogenated alkanes) is 5. The first-order chi connectivity index (χ1) is 37.4. The monoisotopic (exact) mass is 1120 g/mol. The van der Waals surface area contributed by atoms with Gasteiger partial charge in [-0.3, -0.25) is 19.2 Å². The Hall–Kier alpha value is -8.41. The number of ether oxygens (including phenoxy) is 6. The first-order valence-electron chi connectivity index (χ1n) is 25.3. The van der Waals surface area contributed by atoms with Crippen molar-refractivity contribution in [2.24, 2.45) is 38.8 Å². The lowest BCUT2D eigenvalue weighted by Crippen LogP contribution is -2.61. The molecule has 79 heavy (non-hydrogen) atoms. The molecular formula is C49H71N11O19. The third kappa shape index (κ3) is 19.8. The van der Waals surface area contributed by atoms with Gasteiger partial charge in [-0.15, -0.1) is 0 Å². The largest absolute Gasteiger partial charge is 0.509 e. The molecule has 1 saturated heterocycles. The number of esters is 1. The van der Waals surface area contributed by atoms with E-state index in [4.69, 9.17) is 51.4 Å². The third-order valence-electron chi connectivity index (χ3n) is 12.3. The predicted octanol–water partition coefficient (Wildman–Crippen LogP) is -1.87. The van der Waals surface area contributed by atoms with Crippen molar-refractivity contribution in [3.05, 3.63) is 58.6 Å². The molecule has 0 saturated carbocycles. The van der Waals surface area contributed by atoms with Gasteiger partial charge in [0.05, 0.1) is 30.8 Å². The highest BCUT2D eigenvalue weighted by Gasteiger charge is 2.48. The Morgan fingerprint density at radius 3 is 1.73 bits per heavy atom. The van der Waals surface area contributed by atoms with Crippen LogP contribution in [0.15, 0.2) is 51.9 Å². The van der Waals surface area contributed by atoms with E-state index in [9.17, 15) is 63.6 Å². The van der Waals surface area contributed by atoms with E-state index >= 15 is 0 Å². The highest BCUT2D eigenvalue weighted by molar-refractivity contribution is 6.00. The number of benzene rings is 1. The van der Waals surface area contributed by atoms with Crippen LogP contribution in [0.1, 0.15) is 98.4 Å². The molecule has 0 radical (unpaired) electrons. The molecule has 1 aromatic carbocycles. The van der Waals surface area contributed by atoms with Crippen LogP contribution in [0.25, 0.3) is 0 Å². The summed E-state index contributed by atoms with van der Waals surface area (Å²) in [6.07, 6.45) is -5.77. The normalized spacial score (nSPS) is 23.5. The van der Waals surface area contributed by atoms with Crippen molar-refractivity contribution in [3.63, 3.8) is 0 Å². The van der Waals surface area contributed by atoms with Gasteiger partial charge in [0.25, 0.3) is 11.8 Å². The van der Waals surface area contributed by atoms with Crippen molar-refractivity contribution in [3.8, 4) is 0 Å². The molecular weight excluding hydrogens is 1050 g/mol. The Morgan fingerprint density at radius 1 is 0.696 bits per heavy atom. The van der Waals surface area contributed by atoms with E-state index in [0.717, 1.165) is 19.1 Å². The molecule has 3 aliphatic rings. The number of nitrogens with one attached hydrogen (secondary N) is 5. The fourth-order valence-corrected chi connectivity index (χ4v) is 8.69. The Bertz CT molecular complexity index is 2500. The van der Waals surface area contributed by atoms with Crippen LogP contribution in [0.2, 0.25) is 0 Å². The summed E-state index contributed by atoms with van der Waals surface area (Å²) in [5, 5.41) is 53.1. The van der Waals surface area contributed by atoms with Gasteiger partial charge in [0.1, 0.15) is 18.8 Å². The highest BCUT2D eigenvalue weighted by Crippen LogP contribution is 2.31. The minimum Gasteiger partial charge on any atom is -0.477 e. The second-order valence-electron chi connectivity index (χ2n) is 18.8. The van der Waals surface area contributed by atoms with Crippen LogP contribution in [0.5, 0.6) is 0 Å². The zero-order valence-corrected chi connectivity index (χ0v) is 44.0. The van der Waals surface area contributed by atoms with Gasteiger partial charge in [0.15, 0.2) is 30.2 Å². The van der Waals surface area contributed by atoms with Crippen molar-refractivity contribution in [1.29, 1.82) is 0 Å². The van der Waals surface area contributed by atoms with Gasteiger partial charge in [-0.2, -0.15) is 0 Å². The summed E-state index contributed by atoms with van der Waals surface area (Å²) in [5.74, 6) is -8.89. The molecule has 4 rings (SSSR count). The number of nitrogens with two attached hydrogens (primary N) is 4. The summed E-state index contributed by atoms with van der Waals surface area (Å²) >= 11 is 0. The molecule has 3 aliphatic heterocycles. The molecule has 2 unspecified atom stereocenters. The number of nitrogens with zero attached hydrogens (tertiary/aromatic N) is 2. The molecule has 436 valence electrons. The van der Waals surface area contributed by atoms with E-state index in [0.29, 0.717) is 50.5 Å². The van der Waals surface area contributed by atoms with Crippen LogP contribution in [0.3, 0.4) is 0 Å². The number of carbonyl (C=O) groups is 9. The molecule has 0 spiro atoms. The maximum atomic E-state index is 13.6. The third-order valence-corrected chi connectivity index (χ3v) is 12.3. The number of carbonyl (C=O) groups excluding carboxylic acids is 7. The van der Waals surface area contributed by atoms with E-state index in [2.05, 4.69) is 36.6 Å². The SMILES string of the molecule is CC(=O)N[C@@H]1[C@@H](N=C(N)N)C=C(C(=O)O)O[C@H]1C(OC(=O)NCCCCCNC(=O)c1cc(C)cc(C(=O)NCCCCCCC2OC(=O)OC[C@@H](C)[C@H]([C@@H]3OC(C(=O)O)=C[C@H](N=C(N)N)[C@H]3NC(C)=O)OC2=O)c1)[C@H](O)CO. The standard InChI is InChI=1S/C49H71N11O19/c1-23-16-27(18-28(17-23)42(66)55-14-10-7-11-15-56-48(72)79-38(31(64)21-61)40-36(58-26(4)63)30(60-47(52)53)20-34(76-40)44(69)70)41(65)54-13-9-6-5-8-12-32-45(71)78-37(24(2)22-74-49(73)77-32)39-35(57-25(3)62)29(59-46(50)51)19-33(75-39)43(67)68/h16-20,24,29-32,35-40,61,64H,5-15,21-22H2,1-4H3,(H,54,65)(H,55,66)(H,56,72)(H,57,62)(H,58,63)(H,67,68)(H,69,70)(H4,50,51,59)(H4,52,53,60)/t24-,29+,30+,31-,32?,35-,36-,37-,38?,39-,40-/m1/s1. The Balaban J connectivity index is 1.21. The molecule has 30 heteroatoms. The second kappa shape index (κ2) is 30.5. The summed E-state index contributed by atoms with van der Waals surface area (Å²) in [4.78, 5) is 122. The molecule has 30 nitrogen and oxygen atoms in total. The number of aliphatic hydroxyl groups is 2. The number of aliphatic imine (C=N–C) groups is 2. The topological polar surface area (TPSA) is 479 Å². The van der Waals surface area contributed by atoms with E-state index < -0.39 is 151 Å². The van der Waals surface area contributed by atoms with Crippen LogP contribution in [-0.2, 0) is 52.4 Å². The Kier molecular flexibility index (Phi) is 24.4. The molecule has 11 atom stereocenters. The van der Waals surface area contributed by atoms with E-state index in [1.54, 1.807) is 26.0 Å². The number of cyclic esters (lactones) is 3. The van der Waals surface area contributed by atoms with Gasteiger partial charge in [0.2, 0.25) is 29.4 Å². The summed E-state index contributed by atoms with van der Waals surface area (Å²) < 4.78 is 33.0. The number of carboxylic acid groups (broad SMARTS) is 2. The van der Waals surface area contributed by atoms with Gasteiger partial charge >= 0.3 is 30.2 Å². The van der Waals surface area contributed by atoms with Gasteiger partial charge in [-0.25, -0.2) is 34.0 Å². The number of rotatable bonds is 26. The minimum absolute atomic E-state index is 0.0193. The number of aryl methyl sites for hydroxylation is 1. The zero-order valence-electron chi connectivity index (χ0n) is 44.0. The van der Waals surface area contributed by atoms with Crippen LogP contribution in [0.4, 0.5) is 9.59 Å². The molecule has 5 amide bonds. The number of carboxylic acids is 2. The van der Waals surface area contributed by atoms with Crippen molar-refractivity contribution in [2.45, 2.75) is 140 Å². The number of hydrogen-bond acceptors (Lipinski definition) is 19. The zero-order chi connectivity index (χ0) is 58.5. The predicted molar refractivity (Wildman–Crippen MR) is 275 cm³/mol. The number of aliphatic hydroxyl groups excluding tert-OH is 2. The summed E-state index contributed by atoms with van der Waals surface area (Å²) in [6.45, 7) is 4.96. The molecule has 3 heterocycles. The molecule has 17 N–H and O–H groups in total. The number of aliphatic carboxylic acids is 2. The maximum Gasteiger partial charge on any atom is 0.509 e. The number of amides is 5. The first kappa shape index (κ1) is 63.1. The minimum atomic E-state index is -1.80. The van der Waals surface area contributed by atoms with Gasteiger partial charge in [0, 0.05) is 50.5 Å². The molecule has 1 fully saturated rings. The van der Waals surface area contributed by atoms with E-state index in [1.165, 1.54) is 13.0 Å². The van der Waals surface area contributed by atoms with Gasteiger partial charge < -0.3 is 98.4 Å². The highest BCUT2D eigenvalue weighted by atomic mass is 16.7. The first-order valence-corrected chi connectivity index (χ1v) is 25.3. The van der Waals surface area contributed by atoms with Crippen LogP contribution in [0, 0.1) is 12.8 Å². The van der Waals surface area contributed by atoms with E-state index in [-0.39, 0.29) is 43.8 Å². The maximum absolute atomic E-state index is 13.6. The van der Waals surface area contributed by atoms with Crippen LogP contribution >= 0.6 is 0 Å². The smallest absolute Gasteiger partial charge is 0.477 e. The van der Waals surface area contributed by atoms with Crippen molar-refractivity contribution >= 4 is 65.7 Å². The van der Waals surface area contributed by atoms with Crippen LogP contribution < -0.4 is 49.5 Å². The lowest BCUT2D eigenvalue weighted by molar-refractivity contribution is -0.172. The summed E-state index contributed by atoms with van der Waals surface area (Å²) in [6, 6.07) is -0.0118. The second-order valence-corrected chi connectivity index (χ2v) is 18.8. The average molecular weight is 1120 g/mol. The molecule has 0 aromatic heterocycles. The fourth-order valence-electron chi connectivity index (χ4n) is 8.69. The quantitative estimate of drug-likeness (QED) is 0.0159. The lowest BCUT2D eigenvalue weighted by Gasteiger charge is -2.40. The van der Waals surface area contributed by atoms with E-state index in [1.807, 2.05) is 0 Å². The van der Waals surface area contributed by atoms with Crippen molar-refractivity contribution < 1.29 is 92.0 Å². The fraction of sp³-hybridized carbons (Fsp3) is 0.571. The number of alkyl carbamates (subject to hydrolysis) is 1. The lowest BCUT2D eigenvalue weighted by atomic mass is 9.89. The van der Waals surface area contributed by atoms with Gasteiger partial charge in [-0.05, 0) is 81.4 Å². The Morgan fingerprint density at radius 2 is 1.20 bits per heavy atom. The van der Waals surface area contributed by atoms with Gasteiger partial charge in [-0.1, -0.05) is 19.8 Å². The summed E-state index contributed by atoms with van der Waals surface area (Å²) in [7, 11) is 0. The number of hydrogen-bond donors (Lipinski definition) is 13. The summed E-state index contributed by atoms with van der Waals surface area (Å²) in [5.41, 5.74) is 23.4. The van der Waals surface area contributed by atoms with Crippen molar-refractivity contribution in [2.75, 3.05) is 32.8 Å². The van der Waals surface area contributed by atoms with Crippen molar-refractivity contribution in [1.82, 2.24) is 26.6 Å². The molecule has 1 aromatic rings. The molecule has 0 bridgehead atoms. The number of guanidine groups is 2. The molecule has 0 aliphatic carbocycles.